The summed E-state index contributed by atoms with van der Waals surface area (Å²) in [6.45, 7) is 1.44. The highest BCUT2D eigenvalue weighted by atomic mass is 32.1. The molecule has 0 N–H and O–H groups in total. The van der Waals surface area contributed by atoms with Gasteiger partial charge in [0, 0.05) is 18.5 Å². The van der Waals surface area contributed by atoms with Crippen LogP contribution in [0.5, 0.6) is 0 Å². The second-order valence-corrected chi connectivity index (χ2v) is 5.42. The maximum absolute atomic E-state index is 12.2. The highest BCUT2D eigenvalue weighted by Crippen LogP contribution is 2.25. The molecule has 1 aromatic carbocycles. The standard InChI is InChI=1S/C15H17N3O3S/c19-13(6-9-22)18-7-8-20-10-12(18)14-16-15(21-17-14)11-4-2-1-3-5-11/h1-5,12,22H,6-10H2. The van der Waals surface area contributed by atoms with Gasteiger partial charge >= 0.3 is 0 Å². The van der Waals surface area contributed by atoms with Crippen LogP contribution in [0.4, 0.5) is 0 Å². The topological polar surface area (TPSA) is 68.5 Å². The molecule has 2 heterocycles. The lowest BCUT2D eigenvalue weighted by Crippen LogP contribution is -2.43. The van der Waals surface area contributed by atoms with E-state index in [4.69, 9.17) is 9.26 Å². The molecule has 116 valence electrons. The number of morpholine rings is 1. The van der Waals surface area contributed by atoms with Gasteiger partial charge in [0.2, 0.25) is 5.91 Å². The van der Waals surface area contributed by atoms with Crippen LogP contribution in [-0.2, 0) is 9.53 Å². The zero-order valence-corrected chi connectivity index (χ0v) is 12.9. The van der Waals surface area contributed by atoms with Crippen LogP contribution in [0, 0.1) is 0 Å². The lowest BCUT2D eigenvalue weighted by atomic mass is 10.2. The van der Waals surface area contributed by atoms with Crippen molar-refractivity contribution in [2.75, 3.05) is 25.5 Å². The van der Waals surface area contributed by atoms with Crippen LogP contribution in [0.2, 0.25) is 0 Å². The van der Waals surface area contributed by atoms with Gasteiger partial charge in [-0.2, -0.15) is 17.6 Å². The normalized spacial score (nSPS) is 18.4. The Kier molecular flexibility index (Phi) is 4.74. The Hall–Kier alpha value is -1.86. The quantitative estimate of drug-likeness (QED) is 0.873. The number of benzene rings is 1. The first-order chi connectivity index (χ1) is 10.8. The number of ether oxygens (including phenoxy) is 1. The van der Waals surface area contributed by atoms with Crippen LogP contribution < -0.4 is 0 Å². The Bertz CT molecular complexity index is 632. The molecule has 1 aliphatic rings. The van der Waals surface area contributed by atoms with E-state index in [2.05, 4.69) is 22.8 Å². The van der Waals surface area contributed by atoms with Crippen molar-refractivity contribution in [2.45, 2.75) is 12.5 Å². The summed E-state index contributed by atoms with van der Waals surface area (Å²) in [5.41, 5.74) is 0.853. The number of amides is 1. The molecule has 0 radical (unpaired) electrons. The fraction of sp³-hybridized carbons (Fsp3) is 0.400. The summed E-state index contributed by atoms with van der Waals surface area (Å²) in [6, 6.07) is 9.24. The molecule has 1 amide bonds. The molecule has 0 saturated carbocycles. The molecule has 0 bridgehead atoms. The number of carbonyl (C=O) groups is 1. The number of hydrogen-bond acceptors (Lipinski definition) is 6. The van der Waals surface area contributed by atoms with Crippen molar-refractivity contribution in [3.05, 3.63) is 36.2 Å². The summed E-state index contributed by atoms with van der Waals surface area (Å²) < 4.78 is 10.8. The van der Waals surface area contributed by atoms with E-state index >= 15 is 0 Å². The van der Waals surface area contributed by atoms with Crippen molar-refractivity contribution in [2.24, 2.45) is 0 Å². The monoisotopic (exact) mass is 319 g/mol. The number of carbonyl (C=O) groups excluding carboxylic acids is 1. The van der Waals surface area contributed by atoms with Gasteiger partial charge in [0.25, 0.3) is 5.89 Å². The lowest BCUT2D eigenvalue weighted by Gasteiger charge is -2.33. The molecule has 1 unspecified atom stereocenters. The van der Waals surface area contributed by atoms with Crippen molar-refractivity contribution < 1.29 is 14.1 Å². The van der Waals surface area contributed by atoms with Crippen LogP contribution in [0.1, 0.15) is 18.3 Å². The largest absolute Gasteiger partial charge is 0.377 e. The molecule has 1 atom stereocenters. The maximum atomic E-state index is 12.2. The summed E-state index contributed by atoms with van der Waals surface area (Å²) >= 11 is 4.12. The molecule has 2 aromatic rings. The highest BCUT2D eigenvalue weighted by molar-refractivity contribution is 7.80. The molecular weight excluding hydrogens is 302 g/mol. The predicted molar refractivity (Wildman–Crippen MR) is 83.5 cm³/mol. The van der Waals surface area contributed by atoms with Gasteiger partial charge in [0.15, 0.2) is 5.82 Å². The van der Waals surface area contributed by atoms with E-state index in [1.165, 1.54) is 0 Å². The van der Waals surface area contributed by atoms with E-state index in [0.29, 0.717) is 43.6 Å². The molecule has 1 aromatic heterocycles. The van der Waals surface area contributed by atoms with Gasteiger partial charge in [-0.05, 0) is 17.9 Å². The average Bonchev–Trinajstić information content (AvgIpc) is 3.06. The minimum absolute atomic E-state index is 0.0364. The third-order valence-electron chi connectivity index (χ3n) is 3.54. The first-order valence-corrected chi connectivity index (χ1v) is 7.80. The molecule has 6 nitrogen and oxygen atoms in total. The number of hydrogen-bond donors (Lipinski definition) is 1. The average molecular weight is 319 g/mol. The fourth-order valence-corrected chi connectivity index (χ4v) is 2.61. The minimum atomic E-state index is -0.303. The number of nitrogens with zero attached hydrogens (tertiary/aromatic N) is 3. The fourth-order valence-electron chi connectivity index (χ4n) is 2.42. The Morgan fingerprint density at radius 1 is 1.36 bits per heavy atom. The van der Waals surface area contributed by atoms with Crippen molar-refractivity contribution in [1.82, 2.24) is 15.0 Å². The molecule has 0 aliphatic carbocycles. The SMILES string of the molecule is O=C(CCS)N1CCOCC1c1noc(-c2ccccc2)n1. The molecular formula is C15H17N3O3S. The number of thiol groups is 1. The Morgan fingerprint density at radius 2 is 2.18 bits per heavy atom. The second-order valence-electron chi connectivity index (χ2n) is 4.98. The van der Waals surface area contributed by atoms with Gasteiger partial charge < -0.3 is 14.2 Å². The van der Waals surface area contributed by atoms with E-state index in [0.717, 1.165) is 5.56 Å². The van der Waals surface area contributed by atoms with Gasteiger partial charge in [-0.25, -0.2) is 0 Å². The molecule has 7 heteroatoms. The van der Waals surface area contributed by atoms with Crippen LogP contribution in [0.15, 0.2) is 34.9 Å². The van der Waals surface area contributed by atoms with Gasteiger partial charge in [-0.3, -0.25) is 4.79 Å². The van der Waals surface area contributed by atoms with E-state index in [1.807, 2.05) is 30.3 Å². The molecule has 3 rings (SSSR count). The van der Waals surface area contributed by atoms with Crippen LogP contribution >= 0.6 is 12.6 Å². The van der Waals surface area contributed by atoms with Crippen LogP contribution in [0.3, 0.4) is 0 Å². The van der Waals surface area contributed by atoms with Gasteiger partial charge in [-0.15, -0.1) is 0 Å². The van der Waals surface area contributed by atoms with E-state index in [-0.39, 0.29) is 11.9 Å². The van der Waals surface area contributed by atoms with E-state index < -0.39 is 0 Å². The van der Waals surface area contributed by atoms with Crippen molar-refractivity contribution in [1.29, 1.82) is 0 Å². The first kappa shape index (κ1) is 15.1. The molecule has 22 heavy (non-hydrogen) atoms. The third-order valence-corrected chi connectivity index (χ3v) is 3.76. The summed E-state index contributed by atoms with van der Waals surface area (Å²) in [5, 5.41) is 4.03. The number of aromatic nitrogens is 2. The smallest absolute Gasteiger partial charge is 0.257 e. The van der Waals surface area contributed by atoms with Gasteiger partial charge in [-0.1, -0.05) is 23.4 Å². The lowest BCUT2D eigenvalue weighted by molar-refractivity contribution is -0.140. The zero-order valence-electron chi connectivity index (χ0n) is 12.0. The van der Waals surface area contributed by atoms with E-state index in [9.17, 15) is 4.79 Å². The molecule has 1 fully saturated rings. The zero-order chi connectivity index (χ0) is 15.4. The van der Waals surface area contributed by atoms with Crippen molar-refractivity contribution in [3.8, 4) is 11.5 Å². The van der Waals surface area contributed by atoms with Gasteiger partial charge in [0.1, 0.15) is 6.04 Å². The Labute approximate surface area is 133 Å². The summed E-state index contributed by atoms with van der Waals surface area (Å²) in [6.07, 6.45) is 0.392. The maximum Gasteiger partial charge on any atom is 0.257 e. The Balaban J connectivity index is 1.82. The first-order valence-electron chi connectivity index (χ1n) is 7.16. The molecule has 1 aliphatic heterocycles. The summed E-state index contributed by atoms with van der Waals surface area (Å²) in [5.74, 6) is 1.48. The minimum Gasteiger partial charge on any atom is -0.377 e. The molecule has 0 spiro atoms. The van der Waals surface area contributed by atoms with Crippen molar-refractivity contribution in [3.63, 3.8) is 0 Å². The van der Waals surface area contributed by atoms with E-state index in [1.54, 1.807) is 4.90 Å². The predicted octanol–water partition coefficient (Wildman–Crippen LogP) is 1.96. The number of rotatable bonds is 4. The van der Waals surface area contributed by atoms with Crippen LogP contribution in [0.25, 0.3) is 11.5 Å². The van der Waals surface area contributed by atoms with Gasteiger partial charge in [0.05, 0.1) is 13.2 Å². The summed E-state index contributed by atoms with van der Waals surface area (Å²) in [7, 11) is 0. The summed E-state index contributed by atoms with van der Waals surface area (Å²) in [4.78, 5) is 18.4. The highest BCUT2D eigenvalue weighted by Gasteiger charge is 2.31. The van der Waals surface area contributed by atoms with Crippen LogP contribution in [-0.4, -0.2) is 46.5 Å². The second kappa shape index (κ2) is 6.93. The third kappa shape index (κ3) is 3.15. The Morgan fingerprint density at radius 3 is 2.95 bits per heavy atom. The van der Waals surface area contributed by atoms with Crippen molar-refractivity contribution >= 4 is 18.5 Å². The molecule has 1 saturated heterocycles.